The van der Waals surface area contributed by atoms with Crippen LogP contribution >= 0.6 is 0 Å². The van der Waals surface area contributed by atoms with Crippen LogP contribution in [0.25, 0.3) is 0 Å². The molecule has 0 spiro atoms. The van der Waals surface area contributed by atoms with Crippen LogP contribution in [0.4, 0.5) is 5.69 Å². The molecule has 12 heavy (non-hydrogen) atoms. The molecule has 0 heterocycles. The Bertz CT molecular complexity index is 284. The summed E-state index contributed by atoms with van der Waals surface area (Å²) in [5, 5.41) is 8.22. The third kappa shape index (κ3) is 1.89. The second kappa shape index (κ2) is 3.63. The fraction of sp³-hybridized carbons (Fsp3) is 0.222. The number of hydrogen-bond donors (Lipinski definition) is 0. The molecule has 0 unspecified atom stereocenters. The minimum absolute atomic E-state index is 0.572. The highest BCUT2D eigenvalue weighted by Gasteiger charge is 1.95. The van der Waals surface area contributed by atoms with E-state index in [2.05, 4.69) is 4.74 Å². The van der Waals surface area contributed by atoms with Crippen LogP contribution in [0, 0.1) is 11.5 Å². The van der Waals surface area contributed by atoms with Crippen LogP contribution in [0.5, 0.6) is 5.75 Å². The topological polar surface area (TPSA) is 36.3 Å². The highest BCUT2D eigenvalue weighted by atomic mass is 16.5. The third-order valence-electron chi connectivity index (χ3n) is 1.52. The van der Waals surface area contributed by atoms with Crippen LogP contribution in [0.2, 0.25) is 0 Å². The van der Waals surface area contributed by atoms with E-state index in [1.165, 1.54) is 0 Å². The highest BCUT2D eigenvalue weighted by Crippen LogP contribution is 2.16. The van der Waals surface area contributed by atoms with Gasteiger partial charge in [0.25, 0.3) is 6.26 Å². The van der Waals surface area contributed by atoms with E-state index in [4.69, 9.17) is 5.26 Å². The average molecular weight is 162 g/mol. The molecule has 0 aliphatic rings. The number of ether oxygens (including phenoxy) is 1. The van der Waals surface area contributed by atoms with Crippen molar-refractivity contribution in [3.05, 3.63) is 24.3 Å². The quantitative estimate of drug-likeness (QED) is 0.620. The van der Waals surface area contributed by atoms with Gasteiger partial charge in [-0.3, -0.25) is 0 Å². The molecule has 0 bridgehead atoms. The van der Waals surface area contributed by atoms with E-state index in [-0.39, 0.29) is 0 Å². The molecule has 0 N–H and O–H groups in total. The summed E-state index contributed by atoms with van der Waals surface area (Å²) in [5.41, 5.74) is 1.08. The van der Waals surface area contributed by atoms with Gasteiger partial charge in [-0.15, -0.1) is 5.26 Å². The van der Waals surface area contributed by atoms with E-state index in [0.717, 1.165) is 5.69 Å². The lowest BCUT2D eigenvalue weighted by Crippen LogP contribution is -2.07. The van der Waals surface area contributed by atoms with Crippen LogP contribution in [-0.4, -0.2) is 14.1 Å². The number of hydrogen-bond acceptors (Lipinski definition) is 3. The van der Waals surface area contributed by atoms with Gasteiger partial charge < -0.3 is 9.64 Å². The van der Waals surface area contributed by atoms with Crippen molar-refractivity contribution in [2.75, 3.05) is 19.0 Å². The summed E-state index contributed by atoms with van der Waals surface area (Å²) >= 11 is 0. The van der Waals surface area contributed by atoms with Gasteiger partial charge in [0, 0.05) is 19.8 Å². The molecular formula is C9H10N2O. The number of nitriles is 1. The zero-order chi connectivity index (χ0) is 8.97. The van der Waals surface area contributed by atoms with Crippen molar-refractivity contribution in [3.8, 4) is 12.0 Å². The molecule has 0 atom stereocenters. The molecule has 3 nitrogen and oxygen atoms in total. The van der Waals surface area contributed by atoms with Crippen molar-refractivity contribution in [3.63, 3.8) is 0 Å². The van der Waals surface area contributed by atoms with Crippen LogP contribution in [0.1, 0.15) is 0 Å². The first-order valence-corrected chi connectivity index (χ1v) is 3.57. The van der Waals surface area contributed by atoms with Gasteiger partial charge >= 0.3 is 0 Å². The van der Waals surface area contributed by atoms with E-state index in [0.29, 0.717) is 5.75 Å². The molecule has 1 aromatic carbocycles. The molecular weight excluding hydrogens is 152 g/mol. The minimum atomic E-state index is 0.572. The van der Waals surface area contributed by atoms with Crippen molar-refractivity contribution >= 4 is 5.69 Å². The van der Waals surface area contributed by atoms with E-state index in [9.17, 15) is 0 Å². The zero-order valence-corrected chi connectivity index (χ0v) is 7.11. The second-order valence-corrected chi connectivity index (χ2v) is 2.58. The third-order valence-corrected chi connectivity index (χ3v) is 1.52. The Labute approximate surface area is 71.8 Å². The Kier molecular flexibility index (Phi) is 2.54. The lowest BCUT2D eigenvalue weighted by Gasteiger charge is -2.11. The molecule has 0 saturated carbocycles. The molecule has 0 saturated heterocycles. The molecule has 0 fully saturated rings. The largest absolute Gasteiger partial charge is 0.388 e. The van der Waals surface area contributed by atoms with Crippen molar-refractivity contribution in [1.82, 2.24) is 0 Å². The first-order valence-electron chi connectivity index (χ1n) is 3.57. The Hall–Kier alpha value is -1.69. The van der Waals surface area contributed by atoms with Gasteiger partial charge in [0.1, 0.15) is 5.75 Å². The Morgan fingerprint density at radius 3 is 2.25 bits per heavy atom. The zero-order valence-electron chi connectivity index (χ0n) is 7.11. The fourth-order valence-electron chi connectivity index (χ4n) is 0.865. The monoisotopic (exact) mass is 162 g/mol. The Morgan fingerprint density at radius 1 is 1.25 bits per heavy atom. The van der Waals surface area contributed by atoms with E-state index < -0.39 is 0 Å². The standard InChI is InChI=1S/C9H10N2O/c1-11(2)8-3-5-9(6-4-8)12-7-10/h3-6H,1-2H3. The van der Waals surface area contributed by atoms with Crippen LogP contribution < -0.4 is 9.64 Å². The van der Waals surface area contributed by atoms with Gasteiger partial charge in [-0.1, -0.05) is 0 Å². The first-order chi connectivity index (χ1) is 5.74. The van der Waals surface area contributed by atoms with Crippen molar-refractivity contribution in [2.45, 2.75) is 0 Å². The molecule has 62 valence electrons. The molecule has 0 radical (unpaired) electrons. The van der Waals surface area contributed by atoms with Gasteiger partial charge in [0.2, 0.25) is 0 Å². The number of rotatable bonds is 2. The summed E-state index contributed by atoms with van der Waals surface area (Å²) in [6.45, 7) is 0. The summed E-state index contributed by atoms with van der Waals surface area (Å²) in [6, 6.07) is 7.32. The molecule has 0 amide bonds. The SMILES string of the molecule is CN(C)c1ccc(OC#N)cc1. The van der Waals surface area contributed by atoms with E-state index >= 15 is 0 Å². The maximum atomic E-state index is 8.22. The van der Waals surface area contributed by atoms with Crippen LogP contribution in [0.15, 0.2) is 24.3 Å². The first kappa shape index (κ1) is 8.41. The van der Waals surface area contributed by atoms with Gasteiger partial charge in [-0.2, -0.15) is 0 Å². The van der Waals surface area contributed by atoms with Gasteiger partial charge in [0.05, 0.1) is 0 Å². The second-order valence-electron chi connectivity index (χ2n) is 2.58. The molecule has 0 aliphatic heterocycles. The average Bonchev–Trinajstić information content (AvgIpc) is 2.06. The Balaban J connectivity index is 2.80. The van der Waals surface area contributed by atoms with E-state index in [1.807, 2.05) is 31.1 Å². The summed E-state index contributed by atoms with van der Waals surface area (Å²) in [7, 11) is 3.92. The Morgan fingerprint density at radius 2 is 1.83 bits per heavy atom. The lowest BCUT2D eigenvalue weighted by atomic mass is 10.3. The predicted octanol–water partition coefficient (Wildman–Crippen LogP) is 1.61. The maximum Gasteiger partial charge on any atom is 0.292 e. The number of nitrogens with zero attached hydrogens (tertiary/aromatic N) is 2. The van der Waals surface area contributed by atoms with E-state index in [1.54, 1.807) is 18.4 Å². The predicted molar refractivity (Wildman–Crippen MR) is 47.0 cm³/mol. The summed E-state index contributed by atoms with van der Waals surface area (Å²) in [4.78, 5) is 1.98. The summed E-state index contributed by atoms with van der Waals surface area (Å²) in [5.74, 6) is 0.572. The highest BCUT2D eigenvalue weighted by molar-refractivity contribution is 5.47. The lowest BCUT2D eigenvalue weighted by molar-refractivity contribution is 0.507. The van der Waals surface area contributed by atoms with Crippen LogP contribution in [0.3, 0.4) is 0 Å². The molecule has 0 aliphatic carbocycles. The fourth-order valence-corrected chi connectivity index (χ4v) is 0.865. The molecule has 1 aromatic rings. The normalized spacial score (nSPS) is 8.75. The van der Waals surface area contributed by atoms with Gasteiger partial charge in [-0.25, -0.2) is 0 Å². The maximum absolute atomic E-state index is 8.22. The van der Waals surface area contributed by atoms with Gasteiger partial charge in [-0.05, 0) is 24.3 Å². The number of benzene rings is 1. The summed E-state index contributed by atoms with van der Waals surface area (Å²) < 4.78 is 4.63. The molecule has 3 heteroatoms. The smallest absolute Gasteiger partial charge is 0.292 e. The minimum Gasteiger partial charge on any atom is -0.388 e. The molecule has 0 aromatic heterocycles. The van der Waals surface area contributed by atoms with Crippen LogP contribution in [-0.2, 0) is 0 Å². The van der Waals surface area contributed by atoms with Crippen molar-refractivity contribution in [2.24, 2.45) is 0 Å². The number of anilines is 1. The summed E-state index contributed by atoms with van der Waals surface area (Å²) in [6.07, 6.45) is 1.62. The van der Waals surface area contributed by atoms with Gasteiger partial charge in [0.15, 0.2) is 0 Å². The van der Waals surface area contributed by atoms with Crippen molar-refractivity contribution in [1.29, 1.82) is 5.26 Å². The molecule has 1 rings (SSSR count). The van der Waals surface area contributed by atoms with Crippen molar-refractivity contribution < 1.29 is 4.74 Å².